The Balaban J connectivity index is 1.16. The first-order valence-corrected chi connectivity index (χ1v) is 21.1. The molecule has 1 heterocycles. The zero-order chi connectivity index (χ0) is 34.9. The number of fused-ring (bicyclic) bond motifs is 7. The summed E-state index contributed by atoms with van der Waals surface area (Å²) >= 11 is -0.426. The second-order valence-electron chi connectivity index (χ2n) is 16.0. The van der Waals surface area contributed by atoms with Crippen molar-refractivity contribution in [3.63, 3.8) is 0 Å². The van der Waals surface area contributed by atoms with Gasteiger partial charge in [0.05, 0.1) is 0 Å². The monoisotopic (exact) mass is 782 g/mol. The van der Waals surface area contributed by atoms with E-state index in [0.717, 1.165) is 63.4 Å². The van der Waals surface area contributed by atoms with Crippen LogP contribution in [-0.4, -0.2) is 55.3 Å². The zero-order valence-corrected chi connectivity index (χ0v) is 31.2. The summed E-state index contributed by atoms with van der Waals surface area (Å²) in [6.07, 6.45) is 8.59. The number of aliphatic carboxylic acids is 1. The molecule has 1 spiro atoms. The van der Waals surface area contributed by atoms with Crippen molar-refractivity contribution in [2.75, 3.05) is 10.2 Å². The number of halogens is 1. The summed E-state index contributed by atoms with van der Waals surface area (Å²) in [5.41, 5.74) is 3.43. The Morgan fingerprint density at radius 2 is 1.55 bits per heavy atom. The van der Waals surface area contributed by atoms with Crippen molar-refractivity contribution in [2.24, 2.45) is 17.3 Å². The number of carboxylic acid groups (broad SMARTS) is 1. The summed E-state index contributed by atoms with van der Waals surface area (Å²) in [6.45, 7) is 6.62. The summed E-state index contributed by atoms with van der Waals surface area (Å²) in [5.74, 6) is -0.849. The standard InChI is InChI=1S/C39H49IN3O6/c1-36-17-5-19-38(3,30(36)14-9-23-7-11-25(21-27(23)36)41-33(47)29(42-40-4)13-16-32(45)46)34(48)43-35(49)39(43)20-6-18-37(2)28-22-26(44)12-8-24(28)10-15-31(37)39/h7-8,11-12,21-22,29-31,42,44H,5-6,9-10,13-20H2,1-4H3,(H,41,47)(H,45,46)/q-1/t29-,30+,31?,36+,37+,38-,39+,43?/m0/s1. The van der Waals surface area contributed by atoms with E-state index in [4.69, 9.17) is 0 Å². The van der Waals surface area contributed by atoms with Gasteiger partial charge in [-0.3, -0.25) is 4.79 Å². The number of phenolic OH excluding ortho intramolecular Hbond substituents is 1. The molecule has 1 unspecified atom stereocenters. The minimum atomic E-state index is -0.923. The molecule has 10 heteroatoms. The number of carbonyl (C=O) groups is 4. The van der Waals surface area contributed by atoms with Crippen LogP contribution in [0.25, 0.3) is 0 Å². The number of anilines is 1. The van der Waals surface area contributed by atoms with Gasteiger partial charge >= 0.3 is 194 Å². The van der Waals surface area contributed by atoms with E-state index in [2.05, 4.69) is 41.8 Å². The van der Waals surface area contributed by atoms with E-state index >= 15 is 0 Å². The van der Waals surface area contributed by atoms with Gasteiger partial charge in [-0.15, -0.1) is 0 Å². The molecule has 7 atom stereocenters. The molecule has 264 valence electrons. The summed E-state index contributed by atoms with van der Waals surface area (Å²) < 4.78 is 3.22. The zero-order valence-electron chi connectivity index (χ0n) is 29.0. The predicted molar refractivity (Wildman–Crippen MR) is 182 cm³/mol. The van der Waals surface area contributed by atoms with Crippen LogP contribution in [-0.2, 0) is 42.8 Å². The average molecular weight is 783 g/mol. The molecule has 49 heavy (non-hydrogen) atoms. The number of amides is 3. The summed E-state index contributed by atoms with van der Waals surface area (Å²) in [4.78, 5) is 57.3. The maximum atomic E-state index is 15.0. The summed E-state index contributed by atoms with van der Waals surface area (Å²) in [6, 6.07) is 11.2. The molecule has 1 saturated heterocycles. The Morgan fingerprint density at radius 3 is 2.24 bits per heavy atom. The third-order valence-electron chi connectivity index (χ3n) is 13.5. The normalized spacial score (nSPS) is 33.6. The van der Waals surface area contributed by atoms with Gasteiger partial charge in [0, 0.05) is 5.92 Å². The molecule has 3 amide bonds. The third kappa shape index (κ3) is 5.33. The number of hydrogen-bond donors (Lipinski definition) is 4. The number of phenols is 1. The molecule has 7 rings (SSSR count). The number of imide groups is 1. The quantitative estimate of drug-likeness (QED) is 0.106. The van der Waals surface area contributed by atoms with Gasteiger partial charge in [0.1, 0.15) is 11.3 Å². The van der Waals surface area contributed by atoms with E-state index in [0.29, 0.717) is 12.1 Å². The van der Waals surface area contributed by atoms with E-state index < -0.39 is 44.4 Å². The fraction of sp³-hybridized carbons (Fsp3) is 0.590. The van der Waals surface area contributed by atoms with Crippen molar-refractivity contribution >= 4 is 29.4 Å². The van der Waals surface area contributed by atoms with Crippen molar-refractivity contribution in [1.29, 1.82) is 0 Å². The van der Waals surface area contributed by atoms with Crippen LogP contribution < -0.4 is 30.3 Å². The number of aryl methyl sites for hydroxylation is 2. The van der Waals surface area contributed by atoms with E-state index in [-0.39, 0.29) is 59.0 Å². The first-order chi connectivity index (χ1) is 23.3. The van der Waals surface area contributed by atoms with Gasteiger partial charge in [-0.2, -0.15) is 0 Å². The Labute approximate surface area is 299 Å². The molecular formula is C39H49IN3O6-. The van der Waals surface area contributed by atoms with Gasteiger partial charge in [-0.25, -0.2) is 0 Å². The summed E-state index contributed by atoms with van der Waals surface area (Å²) in [5, 5.41) is 22.7. The number of carboxylic acids is 1. The second-order valence-corrected chi connectivity index (χ2v) is 17.7. The maximum absolute atomic E-state index is 15.0. The number of hydrogen-bond acceptors (Lipinski definition) is 6. The molecule has 9 nitrogen and oxygen atoms in total. The van der Waals surface area contributed by atoms with Crippen LogP contribution in [0.5, 0.6) is 5.75 Å². The van der Waals surface area contributed by atoms with Crippen LogP contribution in [0, 0.1) is 17.3 Å². The van der Waals surface area contributed by atoms with Gasteiger partial charge in [0.15, 0.2) is 0 Å². The van der Waals surface area contributed by atoms with Crippen LogP contribution in [0.1, 0.15) is 107 Å². The van der Waals surface area contributed by atoms with E-state index in [1.54, 1.807) is 11.0 Å². The number of nitrogens with zero attached hydrogens (tertiary/aromatic N) is 1. The molecule has 5 aliphatic rings. The van der Waals surface area contributed by atoms with Gasteiger partial charge in [0.2, 0.25) is 0 Å². The molecule has 4 aliphatic carbocycles. The first-order valence-electron chi connectivity index (χ1n) is 17.9. The molecule has 2 aromatic carbocycles. The Kier molecular flexibility index (Phi) is 8.69. The van der Waals surface area contributed by atoms with Gasteiger partial charge in [-0.1, -0.05) is 13.0 Å². The number of benzene rings is 2. The van der Waals surface area contributed by atoms with E-state index in [9.17, 15) is 29.4 Å². The molecular weight excluding hydrogens is 733 g/mol. The van der Waals surface area contributed by atoms with E-state index in [1.165, 1.54) is 16.7 Å². The van der Waals surface area contributed by atoms with Crippen molar-refractivity contribution < 1.29 is 50.9 Å². The predicted octanol–water partition coefficient (Wildman–Crippen LogP) is 2.61. The molecule has 0 radical (unpaired) electrons. The van der Waals surface area contributed by atoms with Gasteiger partial charge in [-0.05, 0) is 60.8 Å². The molecule has 1 aliphatic heterocycles. The fourth-order valence-corrected chi connectivity index (χ4v) is 12.4. The number of nitrogens with one attached hydrogen (secondary N) is 2. The van der Waals surface area contributed by atoms with Crippen LogP contribution in [0.2, 0.25) is 0 Å². The second kappa shape index (κ2) is 12.4. The number of carbonyl (C=O) groups excluding carboxylic acids is 3. The molecule has 2 aromatic rings. The third-order valence-corrected chi connectivity index (χ3v) is 14.8. The van der Waals surface area contributed by atoms with E-state index in [1.807, 2.05) is 23.1 Å². The Morgan fingerprint density at radius 1 is 0.918 bits per heavy atom. The summed E-state index contributed by atoms with van der Waals surface area (Å²) in [7, 11) is 0. The molecule has 0 bridgehead atoms. The van der Waals surface area contributed by atoms with Gasteiger partial charge < -0.3 is 5.11 Å². The SMILES string of the molecule is C[I-]N[C@@H](CCC(=O)O)C(=O)Nc1ccc2c(c1)[C@@]1(C)CCC[C@](C)(C(=O)N3C(=O)[C@]34CCC[C@]3(C)c5cc(O)ccc5CCC43)[C@@H]1CC2. The van der Waals surface area contributed by atoms with Crippen molar-refractivity contribution in [1.82, 2.24) is 8.43 Å². The number of rotatable bonds is 8. The minimum absolute atomic E-state index is 0.00713. The Hall–Kier alpha value is -2.99. The van der Waals surface area contributed by atoms with Gasteiger partial charge in [0.25, 0.3) is 5.91 Å². The molecule has 3 fully saturated rings. The van der Waals surface area contributed by atoms with Crippen molar-refractivity contribution in [2.45, 2.75) is 120 Å². The topological polar surface area (TPSA) is 136 Å². The van der Waals surface area contributed by atoms with Crippen LogP contribution in [0.15, 0.2) is 36.4 Å². The molecule has 4 N–H and O–H groups in total. The number of alkyl halides is 1. The first kappa shape index (κ1) is 34.5. The van der Waals surface area contributed by atoms with Crippen LogP contribution in [0.3, 0.4) is 0 Å². The number of aromatic hydroxyl groups is 1. The van der Waals surface area contributed by atoms with Crippen LogP contribution in [0.4, 0.5) is 5.69 Å². The fourth-order valence-electron chi connectivity index (χ4n) is 11.1. The average Bonchev–Trinajstić information content (AvgIpc) is 3.64. The Bertz CT molecular complexity index is 1730. The van der Waals surface area contributed by atoms with Crippen molar-refractivity contribution in [3.8, 4) is 5.75 Å². The van der Waals surface area contributed by atoms with Crippen molar-refractivity contribution in [3.05, 3.63) is 58.7 Å². The molecule has 0 aromatic heterocycles. The van der Waals surface area contributed by atoms with Crippen LogP contribution >= 0.6 is 0 Å². The molecule has 2 saturated carbocycles.